The number of hydrogen-bond donors (Lipinski definition) is 0. The van der Waals surface area contributed by atoms with E-state index in [1.807, 2.05) is 0 Å². The van der Waals surface area contributed by atoms with Crippen LogP contribution in [0.1, 0.15) is 17.3 Å². The van der Waals surface area contributed by atoms with Crippen LogP contribution < -0.4 is 4.74 Å². The van der Waals surface area contributed by atoms with Gasteiger partial charge in [-0.1, -0.05) is 31.9 Å². The van der Waals surface area contributed by atoms with Gasteiger partial charge in [0.05, 0.1) is 4.83 Å². The molecule has 0 aliphatic rings. The Morgan fingerprint density at radius 3 is 2.41 bits per heavy atom. The van der Waals surface area contributed by atoms with Crippen LogP contribution in [0.15, 0.2) is 22.7 Å². The first kappa shape index (κ1) is 14.5. The molecular formula is C10H7Br2F3O2. The molecule has 0 bridgehead atoms. The molecule has 0 aromatic heterocycles. The van der Waals surface area contributed by atoms with E-state index in [4.69, 9.17) is 0 Å². The minimum absolute atomic E-state index is 0.207. The molecule has 0 N–H and O–H groups in total. The van der Waals surface area contributed by atoms with Crippen LogP contribution in [0.3, 0.4) is 0 Å². The number of hydrogen-bond acceptors (Lipinski definition) is 2. The number of carbonyl (C=O) groups excluding carboxylic acids is 1. The van der Waals surface area contributed by atoms with E-state index in [0.717, 1.165) is 0 Å². The van der Waals surface area contributed by atoms with Crippen LogP contribution in [0.4, 0.5) is 13.2 Å². The molecule has 1 atom stereocenters. The molecule has 1 rings (SSSR count). The number of ketones is 1. The summed E-state index contributed by atoms with van der Waals surface area (Å²) < 4.78 is 40.3. The Balaban J connectivity index is 3.06. The van der Waals surface area contributed by atoms with Crippen LogP contribution in [0.25, 0.3) is 0 Å². The van der Waals surface area contributed by atoms with Crippen molar-refractivity contribution in [2.75, 3.05) is 0 Å². The number of alkyl halides is 4. The van der Waals surface area contributed by atoms with Crippen molar-refractivity contribution in [2.24, 2.45) is 0 Å². The molecule has 2 nitrogen and oxygen atoms in total. The van der Waals surface area contributed by atoms with Crippen molar-refractivity contribution in [3.8, 4) is 5.75 Å². The van der Waals surface area contributed by atoms with Gasteiger partial charge in [-0.05, 0) is 30.7 Å². The summed E-state index contributed by atoms with van der Waals surface area (Å²) in [5.74, 6) is -0.575. The van der Waals surface area contributed by atoms with Crippen molar-refractivity contribution in [1.82, 2.24) is 0 Å². The van der Waals surface area contributed by atoms with Crippen LogP contribution in [0.5, 0.6) is 5.75 Å². The highest BCUT2D eigenvalue weighted by Crippen LogP contribution is 2.32. The smallest absolute Gasteiger partial charge is 0.406 e. The Morgan fingerprint density at radius 1 is 1.35 bits per heavy atom. The van der Waals surface area contributed by atoms with Gasteiger partial charge in [-0.2, -0.15) is 0 Å². The molecule has 0 saturated heterocycles. The maximum absolute atomic E-state index is 12.0. The van der Waals surface area contributed by atoms with Gasteiger partial charge in [0.25, 0.3) is 0 Å². The van der Waals surface area contributed by atoms with Gasteiger partial charge in [0.2, 0.25) is 0 Å². The van der Waals surface area contributed by atoms with Gasteiger partial charge in [-0.25, -0.2) is 0 Å². The second-order valence-electron chi connectivity index (χ2n) is 3.24. The Kier molecular flexibility index (Phi) is 4.60. The van der Waals surface area contributed by atoms with Gasteiger partial charge >= 0.3 is 6.36 Å². The van der Waals surface area contributed by atoms with Gasteiger partial charge < -0.3 is 4.74 Å². The summed E-state index contributed by atoms with van der Waals surface area (Å²) in [5, 5.41) is 0. The maximum atomic E-state index is 12.0. The zero-order valence-electron chi connectivity index (χ0n) is 8.52. The third kappa shape index (κ3) is 4.67. The summed E-state index contributed by atoms with van der Waals surface area (Å²) in [5.41, 5.74) is 0.395. The summed E-state index contributed by atoms with van der Waals surface area (Å²) in [6.45, 7) is 1.34. The monoisotopic (exact) mass is 374 g/mol. The van der Waals surface area contributed by atoms with Gasteiger partial charge in [0.1, 0.15) is 11.5 Å². The average Bonchev–Trinajstić information content (AvgIpc) is 2.12. The third-order valence-corrected chi connectivity index (χ3v) is 3.41. The van der Waals surface area contributed by atoms with Crippen LogP contribution >= 0.6 is 31.9 Å². The number of rotatable bonds is 3. The van der Waals surface area contributed by atoms with Crippen LogP contribution in [-0.2, 0) is 4.79 Å². The largest absolute Gasteiger partial charge is 0.573 e. The molecule has 0 fully saturated rings. The Bertz CT molecular complexity index is 432. The standard InChI is InChI=1S/C10H7Br2F3O2/c1-5(16)9(12)6-2-7(11)4-8(3-6)17-10(13,14)15/h2-4,9H,1H3. The normalized spacial score (nSPS) is 13.3. The quantitative estimate of drug-likeness (QED) is 0.733. The van der Waals surface area contributed by atoms with Gasteiger partial charge in [0, 0.05) is 4.47 Å². The number of Topliss-reactive ketones (excluding diaryl/α,β-unsaturated/α-hetero) is 1. The lowest BCUT2D eigenvalue weighted by Gasteiger charge is -2.12. The first-order valence-corrected chi connectivity index (χ1v) is 6.10. The highest BCUT2D eigenvalue weighted by Gasteiger charge is 2.31. The van der Waals surface area contributed by atoms with Crippen molar-refractivity contribution in [3.05, 3.63) is 28.2 Å². The fourth-order valence-electron chi connectivity index (χ4n) is 1.16. The first-order valence-electron chi connectivity index (χ1n) is 4.40. The van der Waals surface area contributed by atoms with Crippen molar-refractivity contribution in [2.45, 2.75) is 18.1 Å². The zero-order valence-corrected chi connectivity index (χ0v) is 11.7. The topological polar surface area (TPSA) is 26.3 Å². The van der Waals surface area contributed by atoms with E-state index in [1.165, 1.54) is 19.1 Å². The van der Waals surface area contributed by atoms with E-state index in [0.29, 0.717) is 10.0 Å². The highest BCUT2D eigenvalue weighted by molar-refractivity contribution is 9.10. The molecular weight excluding hydrogens is 369 g/mol. The summed E-state index contributed by atoms with van der Waals surface area (Å²) in [7, 11) is 0. The molecule has 7 heteroatoms. The molecule has 0 saturated carbocycles. The fourth-order valence-corrected chi connectivity index (χ4v) is 1.91. The lowest BCUT2D eigenvalue weighted by Crippen LogP contribution is -2.17. The molecule has 0 aliphatic carbocycles. The fraction of sp³-hybridized carbons (Fsp3) is 0.300. The first-order chi connectivity index (χ1) is 7.69. The molecule has 0 radical (unpaired) electrons. The lowest BCUT2D eigenvalue weighted by atomic mass is 10.1. The molecule has 1 aromatic rings. The molecule has 0 heterocycles. The van der Waals surface area contributed by atoms with Crippen LogP contribution in [0, 0.1) is 0 Å². The SMILES string of the molecule is CC(=O)C(Br)c1cc(Br)cc(OC(F)(F)F)c1. The van der Waals surface area contributed by atoms with Crippen LogP contribution in [0.2, 0.25) is 0 Å². The minimum atomic E-state index is -4.75. The van der Waals surface area contributed by atoms with Crippen molar-refractivity contribution in [1.29, 1.82) is 0 Å². The van der Waals surface area contributed by atoms with E-state index in [2.05, 4.69) is 36.6 Å². The summed E-state index contributed by atoms with van der Waals surface area (Å²) in [6.07, 6.45) is -4.75. The van der Waals surface area contributed by atoms with Crippen molar-refractivity contribution >= 4 is 37.6 Å². The molecule has 0 spiro atoms. The molecule has 1 unspecified atom stereocenters. The summed E-state index contributed by atoms with van der Waals surface area (Å²) in [6, 6.07) is 3.89. The van der Waals surface area contributed by atoms with Gasteiger partial charge in [-0.3, -0.25) is 4.79 Å². The van der Waals surface area contributed by atoms with Gasteiger partial charge in [-0.15, -0.1) is 13.2 Å². The molecule has 0 aliphatic heterocycles. The maximum Gasteiger partial charge on any atom is 0.573 e. The zero-order chi connectivity index (χ0) is 13.2. The molecule has 1 aromatic carbocycles. The van der Waals surface area contributed by atoms with Crippen LogP contribution in [-0.4, -0.2) is 12.1 Å². The van der Waals surface area contributed by atoms with E-state index in [1.54, 1.807) is 6.07 Å². The predicted molar refractivity (Wildman–Crippen MR) is 63.2 cm³/mol. The van der Waals surface area contributed by atoms with E-state index in [9.17, 15) is 18.0 Å². The van der Waals surface area contributed by atoms with E-state index >= 15 is 0 Å². The Hall–Kier alpha value is -0.560. The van der Waals surface area contributed by atoms with E-state index in [-0.39, 0.29) is 11.5 Å². The number of ether oxygens (including phenoxy) is 1. The summed E-state index contributed by atoms with van der Waals surface area (Å²) >= 11 is 6.15. The third-order valence-electron chi connectivity index (χ3n) is 1.78. The molecule has 94 valence electrons. The second-order valence-corrected chi connectivity index (χ2v) is 5.07. The Labute approximate surface area is 112 Å². The molecule has 0 amide bonds. The van der Waals surface area contributed by atoms with Crippen molar-refractivity contribution < 1.29 is 22.7 Å². The average molecular weight is 376 g/mol. The summed E-state index contributed by atoms with van der Waals surface area (Å²) in [4.78, 5) is 10.5. The molecule has 17 heavy (non-hydrogen) atoms. The highest BCUT2D eigenvalue weighted by atomic mass is 79.9. The van der Waals surface area contributed by atoms with Crippen molar-refractivity contribution in [3.63, 3.8) is 0 Å². The predicted octanol–water partition coefficient (Wildman–Crippen LogP) is 4.37. The lowest BCUT2D eigenvalue weighted by molar-refractivity contribution is -0.274. The minimum Gasteiger partial charge on any atom is -0.406 e. The Morgan fingerprint density at radius 2 is 1.94 bits per heavy atom. The number of halogens is 5. The van der Waals surface area contributed by atoms with E-state index < -0.39 is 11.2 Å². The number of benzene rings is 1. The second kappa shape index (κ2) is 5.39. The number of carbonyl (C=O) groups is 1. The van der Waals surface area contributed by atoms with Gasteiger partial charge in [0.15, 0.2) is 0 Å².